The minimum atomic E-state index is -0.819. The van der Waals surface area contributed by atoms with Crippen molar-refractivity contribution in [2.45, 2.75) is 58.8 Å². The van der Waals surface area contributed by atoms with Crippen LogP contribution < -0.4 is 0 Å². The molecule has 18 heavy (non-hydrogen) atoms. The summed E-state index contributed by atoms with van der Waals surface area (Å²) in [5.74, 6) is -0.326. The van der Waals surface area contributed by atoms with E-state index in [1.54, 1.807) is 0 Å². The summed E-state index contributed by atoms with van der Waals surface area (Å²) in [6.07, 6.45) is 7.59. The second kappa shape index (κ2) is 4.67. The Hall–Kier alpha value is -0.860. The summed E-state index contributed by atoms with van der Waals surface area (Å²) in [5, 5.41) is 0. The van der Waals surface area contributed by atoms with Gasteiger partial charge in [-0.1, -0.05) is 33.1 Å². The van der Waals surface area contributed by atoms with Crippen LogP contribution in [0.15, 0.2) is 0 Å². The zero-order valence-corrected chi connectivity index (χ0v) is 11.8. The van der Waals surface area contributed by atoms with Crippen molar-refractivity contribution in [2.24, 2.45) is 16.7 Å². The highest BCUT2D eigenvalue weighted by Crippen LogP contribution is 2.62. The van der Waals surface area contributed by atoms with E-state index in [0.717, 1.165) is 12.8 Å². The molecule has 0 heterocycles. The van der Waals surface area contributed by atoms with Crippen molar-refractivity contribution >= 4 is 11.8 Å². The zero-order chi connectivity index (χ0) is 13.4. The lowest BCUT2D eigenvalue weighted by atomic mass is 9.46. The van der Waals surface area contributed by atoms with Gasteiger partial charge < -0.3 is 4.74 Å². The maximum atomic E-state index is 12.4. The monoisotopic (exact) mass is 252 g/mol. The third-order valence-corrected chi connectivity index (χ3v) is 4.84. The Morgan fingerprint density at radius 2 is 1.61 bits per heavy atom. The molecule has 2 aliphatic rings. The van der Waals surface area contributed by atoms with Gasteiger partial charge in [-0.15, -0.1) is 0 Å². The van der Waals surface area contributed by atoms with Crippen molar-refractivity contribution < 1.29 is 14.3 Å². The van der Waals surface area contributed by atoms with Gasteiger partial charge in [0.1, 0.15) is 5.41 Å². The molecule has 102 valence electrons. The molecule has 3 heteroatoms. The molecule has 2 saturated carbocycles. The Labute approximate surface area is 109 Å². The summed E-state index contributed by atoms with van der Waals surface area (Å²) >= 11 is 0. The van der Waals surface area contributed by atoms with Crippen LogP contribution in [0.25, 0.3) is 0 Å². The predicted octanol–water partition coefficient (Wildman–Crippen LogP) is 3.12. The van der Waals surface area contributed by atoms with E-state index < -0.39 is 5.41 Å². The van der Waals surface area contributed by atoms with Gasteiger partial charge in [0.15, 0.2) is 5.78 Å². The second-order valence-electron chi connectivity index (χ2n) is 6.51. The Balaban J connectivity index is 2.16. The molecule has 2 fully saturated rings. The van der Waals surface area contributed by atoms with Crippen molar-refractivity contribution in [2.75, 3.05) is 7.11 Å². The van der Waals surface area contributed by atoms with Crippen LogP contribution >= 0.6 is 0 Å². The van der Waals surface area contributed by atoms with Gasteiger partial charge in [-0.05, 0) is 31.1 Å². The third kappa shape index (κ3) is 1.98. The molecule has 2 aliphatic carbocycles. The standard InChI is InChI=1S/C15H24O3/c1-11(2)12(16)15(13(17)18-3)9-14(10-15)7-5-4-6-8-14/h11H,4-10H2,1-3H3. The molecule has 0 atom stereocenters. The summed E-state index contributed by atoms with van der Waals surface area (Å²) in [5.41, 5.74) is -0.558. The molecule has 0 aromatic carbocycles. The number of Topliss-reactive ketones (excluding diaryl/α,β-unsaturated/α-hetero) is 1. The summed E-state index contributed by atoms with van der Waals surface area (Å²) in [4.78, 5) is 24.4. The highest BCUT2D eigenvalue weighted by Gasteiger charge is 2.63. The maximum absolute atomic E-state index is 12.4. The Bertz CT molecular complexity index is 343. The highest BCUT2D eigenvalue weighted by molar-refractivity contribution is 6.05. The van der Waals surface area contributed by atoms with E-state index in [9.17, 15) is 9.59 Å². The van der Waals surface area contributed by atoms with Crippen molar-refractivity contribution in [3.63, 3.8) is 0 Å². The van der Waals surface area contributed by atoms with Crippen LogP contribution in [0.2, 0.25) is 0 Å². The Morgan fingerprint density at radius 1 is 1.06 bits per heavy atom. The van der Waals surface area contributed by atoms with E-state index >= 15 is 0 Å². The molecule has 0 amide bonds. The van der Waals surface area contributed by atoms with Crippen LogP contribution in [-0.2, 0) is 14.3 Å². The maximum Gasteiger partial charge on any atom is 0.319 e. The second-order valence-corrected chi connectivity index (χ2v) is 6.51. The molecule has 0 radical (unpaired) electrons. The summed E-state index contributed by atoms with van der Waals surface area (Å²) in [7, 11) is 1.39. The van der Waals surface area contributed by atoms with E-state index in [0.29, 0.717) is 0 Å². The van der Waals surface area contributed by atoms with E-state index in [1.165, 1.54) is 39.2 Å². The number of carbonyl (C=O) groups excluding carboxylic acids is 2. The van der Waals surface area contributed by atoms with Crippen LogP contribution in [0.3, 0.4) is 0 Å². The number of rotatable bonds is 3. The molecule has 0 saturated heterocycles. The molecule has 0 aromatic heterocycles. The fourth-order valence-electron chi connectivity index (χ4n) is 4.05. The highest BCUT2D eigenvalue weighted by atomic mass is 16.5. The smallest absolute Gasteiger partial charge is 0.319 e. The van der Waals surface area contributed by atoms with E-state index in [1.807, 2.05) is 13.8 Å². The van der Waals surface area contributed by atoms with Crippen molar-refractivity contribution in [1.82, 2.24) is 0 Å². The van der Waals surface area contributed by atoms with E-state index in [4.69, 9.17) is 4.74 Å². The van der Waals surface area contributed by atoms with Gasteiger partial charge in [-0.25, -0.2) is 0 Å². The molecule has 1 spiro atoms. The fraction of sp³-hybridized carbons (Fsp3) is 0.867. The van der Waals surface area contributed by atoms with Crippen molar-refractivity contribution in [3.05, 3.63) is 0 Å². The van der Waals surface area contributed by atoms with Gasteiger partial charge in [0.2, 0.25) is 0 Å². The third-order valence-electron chi connectivity index (χ3n) is 4.84. The molecule has 2 rings (SSSR count). The molecule has 0 bridgehead atoms. The minimum Gasteiger partial charge on any atom is -0.468 e. The van der Waals surface area contributed by atoms with E-state index in [-0.39, 0.29) is 23.1 Å². The van der Waals surface area contributed by atoms with Crippen LogP contribution in [0.5, 0.6) is 0 Å². The lowest BCUT2D eigenvalue weighted by molar-refractivity contribution is -0.179. The SMILES string of the molecule is COC(=O)C1(C(=O)C(C)C)CC2(CCCCC2)C1. The van der Waals surface area contributed by atoms with Gasteiger partial charge >= 0.3 is 5.97 Å². The molecule has 3 nitrogen and oxygen atoms in total. The minimum absolute atomic E-state index is 0.0746. The van der Waals surface area contributed by atoms with Crippen LogP contribution in [0.1, 0.15) is 58.8 Å². The lowest BCUT2D eigenvalue weighted by Gasteiger charge is -2.55. The zero-order valence-electron chi connectivity index (χ0n) is 11.8. The average molecular weight is 252 g/mol. The molecule has 0 aliphatic heterocycles. The number of hydrogen-bond acceptors (Lipinski definition) is 3. The number of hydrogen-bond donors (Lipinski definition) is 0. The molecule has 0 aromatic rings. The summed E-state index contributed by atoms with van der Waals surface area (Å²) in [6.45, 7) is 3.75. The number of carbonyl (C=O) groups is 2. The quantitative estimate of drug-likeness (QED) is 0.572. The van der Waals surface area contributed by atoms with Gasteiger partial charge in [0, 0.05) is 5.92 Å². The summed E-state index contributed by atoms with van der Waals surface area (Å²) in [6, 6.07) is 0. The topological polar surface area (TPSA) is 43.4 Å². The molecular formula is C15H24O3. The first-order chi connectivity index (χ1) is 8.46. The van der Waals surface area contributed by atoms with Gasteiger partial charge in [-0.2, -0.15) is 0 Å². The number of methoxy groups -OCH3 is 1. The lowest BCUT2D eigenvalue weighted by Crippen LogP contribution is -2.57. The van der Waals surface area contributed by atoms with Crippen molar-refractivity contribution in [3.8, 4) is 0 Å². The first-order valence-corrected chi connectivity index (χ1v) is 7.09. The van der Waals surface area contributed by atoms with Gasteiger partial charge in [0.05, 0.1) is 7.11 Å². The molecular weight excluding hydrogens is 228 g/mol. The van der Waals surface area contributed by atoms with Crippen LogP contribution in [-0.4, -0.2) is 18.9 Å². The Morgan fingerprint density at radius 3 is 2.06 bits per heavy atom. The molecule has 0 unspecified atom stereocenters. The normalized spacial score (nSPS) is 24.7. The van der Waals surface area contributed by atoms with Gasteiger partial charge in [-0.3, -0.25) is 9.59 Å². The molecule has 0 N–H and O–H groups in total. The number of ether oxygens (including phenoxy) is 1. The van der Waals surface area contributed by atoms with Crippen LogP contribution in [0.4, 0.5) is 0 Å². The van der Waals surface area contributed by atoms with Gasteiger partial charge in [0.25, 0.3) is 0 Å². The number of ketones is 1. The first kappa shape index (κ1) is 13.6. The Kier molecular flexibility index (Phi) is 3.52. The fourth-order valence-corrected chi connectivity index (χ4v) is 4.05. The van der Waals surface area contributed by atoms with Crippen molar-refractivity contribution in [1.29, 1.82) is 0 Å². The summed E-state index contributed by atoms with van der Waals surface area (Å²) < 4.78 is 4.90. The average Bonchev–Trinajstić information content (AvgIpc) is 2.34. The largest absolute Gasteiger partial charge is 0.468 e. The predicted molar refractivity (Wildman–Crippen MR) is 69.0 cm³/mol. The van der Waals surface area contributed by atoms with Crippen LogP contribution in [0, 0.1) is 16.7 Å². The first-order valence-electron chi connectivity index (χ1n) is 7.09. The van der Waals surface area contributed by atoms with E-state index in [2.05, 4.69) is 0 Å². The number of esters is 1.